The molecule has 1 aliphatic heterocycles. The standard InChI is InChI=1S/C25H23F3N4O/c1-31-7-9-32(10-8-31)18-5-6-19-20-12-16(15-3-2-4-17(11-15)25(26,27)28)13-21(24(29)33)23(20)30-22(19)14-18/h2-6,11-14,30H,7-10H2,1H3,(H2,29,33). The van der Waals surface area contributed by atoms with Crippen LogP contribution in [-0.4, -0.2) is 49.0 Å². The molecule has 3 N–H and O–H groups in total. The summed E-state index contributed by atoms with van der Waals surface area (Å²) in [4.78, 5) is 20.2. The van der Waals surface area contributed by atoms with Gasteiger partial charge in [-0.2, -0.15) is 13.2 Å². The molecule has 1 amide bonds. The molecule has 170 valence electrons. The van der Waals surface area contributed by atoms with Crippen LogP contribution in [0.3, 0.4) is 0 Å². The van der Waals surface area contributed by atoms with E-state index in [1.165, 1.54) is 6.07 Å². The lowest BCUT2D eigenvalue weighted by molar-refractivity contribution is -0.137. The fourth-order valence-corrected chi connectivity index (χ4v) is 4.49. The zero-order valence-corrected chi connectivity index (χ0v) is 18.0. The lowest BCUT2D eigenvalue weighted by atomic mass is 9.97. The summed E-state index contributed by atoms with van der Waals surface area (Å²) in [6.07, 6.45) is -4.45. The SMILES string of the molecule is CN1CCN(c2ccc3c(c2)[nH]c2c(C(N)=O)cc(-c4cccc(C(F)(F)F)c4)cc23)CC1. The zero-order valence-electron chi connectivity index (χ0n) is 18.0. The number of nitrogens with one attached hydrogen (secondary N) is 1. The normalized spacial score (nSPS) is 15.5. The second-order valence-electron chi connectivity index (χ2n) is 8.53. The monoisotopic (exact) mass is 452 g/mol. The lowest BCUT2D eigenvalue weighted by Crippen LogP contribution is -2.44. The lowest BCUT2D eigenvalue weighted by Gasteiger charge is -2.34. The number of amides is 1. The number of H-pyrrole nitrogens is 1. The fraction of sp³-hybridized carbons (Fsp3) is 0.240. The van der Waals surface area contributed by atoms with Gasteiger partial charge in [-0.3, -0.25) is 4.79 Å². The summed E-state index contributed by atoms with van der Waals surface area (Å²) >= 11 is 0. The average molecular weight is 452 g/mol. The molecular weight excluding hydrogens is 429 g/mol. The number of carbonyl (C=O) groups is 1. The van der Waals surface area contributed by atoms with Crippen molar-refractivity contribution in [2.75, 3.05) is 38.1 Å². The van der Waals surface area contributed by atoms with Gasteiger partial charge in [-0.05, 0) is 54.6 Å². The number of likely N-dealkylation sites (N-methyl/N-ethyl adjacent to an activating group) is 1. The Morgan fingerprint density at radius 2 is 1.70 bits per heavy atom. The number of primary amides is 1. The number of alkyl halides is 3. The van der Waals surface area contributed by atoms with Crippen LogP contribution in [0.5, 0.6) is 0 Å². The van der Waals surface area contributed by atoms with Crippen molar-refractivity contribution in [3.63, 3.8) is 0 Å². The van der Waals surface area contributed by atoms with Crippen molar-refractivity contribution in [1.82, 2.24) is 9.88 Å². The molecule has 5 rings (SSSR count). The van der Waals surface area contributed by atoms with E-state index in [9.17, 15) is 18.0 Å². The minimum atomic E-state index is -4.45. The number of nitrogens with two attached hydrogens (primary N) is 1. The maximum atomic E-state index is 13.2. The molecule has 0 spiro atoms. The number of aromatic amines is 1. The van der Waals surface area contributed by atoms with Gasteiger partial charge in [0.1, 0.15) is 0 Å². The maximum absolute atomic E-state index is 13.2. The van der Waals surface area contributed by atoms with Crippen molar-refractivity contribution >= 4 is 33.4 Å². The summed E-state index contributed by atoms with van der Waals surface area (Å²) in [6, 6.07) is 14.5. The Kier molecular flexibility index (Phi) is 5.05. The Bertz CT molecular complexity index is 1370. The number of aromatic nitrogens is 1. The number of nitrogens with zero attached hydrogens (tertiary/aromatic N) is 2. The van der Waals surface area contributed by atoms with Crippen LogP contribution in [0, 0.1) is 0 Å². The maximum Gasteiger partial charge on any atom is 0.416 e. The van der Waals surface area contributed by atoms with Gasteiger partial charge in [0.2, 0.25) is 0 Å². The molecule has 1 aromatic heterocycles. The third-order valence-electron chi connectivity index (χ3n) is 6.35. The van der Waals surface area contributed by atoms with Crippen molar-refractivity contribution in [1.29, 1.82) is 0 Å². The van der Waals surface area contributed by atoms with E-state index in [0.717, 1.165) is 60.3 Å². The van der Waals surface area contributed by atoms with Gasteiger partial charge >= 0.3 is 6.18 Å². The molecule has 5 nitrogen and oxygen atoms in total. The van der Waals surface area contributed by atoms with Gasteiger partial charge in [0.05, 0.1) is 16.6 Å². The molecule has 0 aliphatic carbocycles. The summed E-state index contributed by atoms with van der Waals surface area (Å²) < 4.78 is 39.7. The second kappa shape index (κ2) is 7.81. The number of fused-ring (bicyclic) bond motifs is 3. The topological polar surface area (TPSA) is 65.4 Å². The van der Waals surface area contributed by atoms with Crippen LogP contribution in [-0.2, 0) is 6.18 Å². The predicted octanol–water partition coefficient (Wildman–Crippen LogP) is 4.86. The minimum Gasteiger partial charge on any atom is -0.369 e. The van der Waals surface area contributed by atoms with E-state index in [1.54, 1.807) is 12.1 Å². The largest absolute Gasteiger partial charge is 0.416 e. The molecular formula is C25H23F3N4O. The number of rotatable bonds is 3. The molecule has 0 saturated carbocycles. The summed E-state index contributed by atoms with van der Waals surface area (Å²) in [7, 11) is 2.10. The molecule has 0 unspecified atom stereocenters. The summed E-state index contributed by atoms with van der Waals surface area (Å²) in [5.41, 5.74) is 8.57. The number of hydrogen-bond donors (Lipinski definition) is 2. The second-order valence-corrected chi connectivity index (χ2v) is 8.53. The molecule has 33 heavy (non-hydrogen) atoms. The molecule has 0 radical (unpaired) electrons. The highest BCUT2D eigenvalue weighted by Gasteiger charge is 2.30. The Balaban J connectivity index is 1.65. The van der Waals surface area contributed by atoms with Gasteiger partial charge < -0.3 is 20.5 Å². The number of piperazine rings is 1. The smallest absolute Gasteiger partial charge is 0.369 e. The highest BCUT2D eigenvalue weighted by molar-refractivity contribution is 6.16. The van der Waals surface area contributed by atoms with Crippen LogP contribution in [0.4, 0.5) is 18.9 Å². The van der Waals surface area contributed by atoms with Crippen molar-refractivity contribution in [3.8, 4) is 11.1 Å². The fourth-order valence-electron chi connectivity index (χ4n) is 4.49. The molecule has 4 aromatic rings. The highest BCUT2D eigenvalue weighted by Crippen LogP contribution is 2.36. The van der Waals surface area contributed by atoms with Crippen LogP contribution in [0.2, 0.25) is 0 Å². The number of carbonyl (C=O) groups excluding carboxylic acids is 1. The zero-order chi connectivity index (χ0) is 23.3. The number of anilines is 1. The first kappa shape index (κ1) is 21.3. The van der Waals surface area contributed by atoms with Gasteiger partial charge in [-0.25, -0.2) is 0 Å². The van der Waals surface area contributed by atoms with Crippen LogP contribution < -0.4 is 10.6 Å². The van der Waals surface area contributed by atoms with E-state index in [-0.39, 0.29) is 5.56 Å². The van der Waals surface area contributed by atoms with Crippen molar-refractivity contribution < 1.29 is 18.0 Å². The van der Waals surface area contributed by atoms with Gasteiger partial charge in [0.25, 0.3) is 5.91 Å². The van der Waals surface area contributed by atoms with Gasteiger partial charge in [0.15, 0.2) is 0 Å². The van der Waals surface area contributed by atoms with Gasteiger partial charge in [-0.15, -0.1) is 0 Å². The first-order valence-corrected chi connectivity index (χ1v) is 10.7. The molecule has 0 bridgehead atoms. The highest BCUT2D eigenvalue weighted by atomic mass is 19.4. The van der Waals surface area contributed by atoms with Gasteiger partial charge in [-0.1, -0.05) is 18.2 Å². The third kappa shape index (κ3) is 3.91. The van der Waals surface area contributed by atoms with E-state index >= 15 is 0 Å². The Labute approximate surface area is 188 Å². The van der Waals surface area contributed by atoms with E-state index < -0.39 is 17.6 Å². The molecule has 1 aliphatic rings. The Morgan fingerprint density at radius 3 is 2.39 bits per heavy atom. The van der Waals surface area contributed by atoms with Gasteiger partial charge in [0, 0.05) is 48.2 Å². The minimum absolute atomic E-state index is 0.247. The van der Waals surface area contributed by atoms with Crippen LogP contribution in [0.1, 0.15) is 15.9 Å². The van der Waals surface area contributed by atoms with Crippen LogP contribution in [0.25, 0.3) is 32.9 Å². The van der Waals surface area contributed by atoms with Crippen molar-refractivity contribution in [2.24, 2.45) is 5.73 Å². The number of halogens is 3. The van der Waals surface area contributed by atoms with Crippen molar-refractivity contribution in [3.05, 3.63) is 65.7 Å². The molecule has 2 heterocycles. The molecule has 3 aromatic carbocycles. The average Bonchev–Trinajstić information content (AvgIpc) is 3.16. The Morgan fingerprint density at radius 1 is 0.939 bits per heavy atom. The summed E-state index contributed by atoms with van der Waals surface area (Å²) in [5.74, 6) is -0.639. The van der Waals surface area contributed by atoms with Crippen LogP contribution in [0.15, 0.2) is 54.6 Å². The van der Waals surface area contributed by atoms with Crippen molar-refractivity contribution in [2.45, 2.75) is 6.18 Å². The number of benzene rings is 3. The quantitative estimate of drug-likeness (QED) is 0.467. The molecule has 1 saturated heterocycles. The molecule has 1 fully saturated rings. The Hall–Kier alpha value is -3.52. The van der Waals surface area contributed by atoms with E-state index in [4.69, 9.17) is 5.73 Å². The first-order valence-electron chi connectivity index (χ1n) is 10.7. The first-order chi connectivity index (χ1) is 15.7. The molecule has 8 heteroatoms. The van der Waals surface area contributed by atoms with E-state index in [2.05, 4.69) is 27.9 Å². The summed E-state index contributed by atoms with van der Waals surface area (Å²) in [5, 5.41) is 1.64. The third-order valence-corrected chi connectivity index (χ3v) is 6.35. The predicted molar refractivity (Wildman–Crippen MR) is 124 cm³/mol. The summed E-state index contributed by atoms with van der Waals surface area (Å²) in [6.45, 7) is 3.82. The van der Waals surface area contributed by atoms with Crippen LogP contribution >= 0.6 is 0 Å². The number of hydrogen-bond acceptors (Lipinski definition) is 3. The molecule has 0 atom stereocenters. The van der Waals surface area contributed by atoms with E-state index in [0.29, 0.717) is 16.6 Å². The van der Waals surface area contributed by atoms with E-state index in [1.807, 2.05) is 18.2 Å².